The van der Waals surface area contributed by atoms with Gasteiger partial charge in [0.1, 0.15) is 11.6 Å². The van der Waals surface area contributed by atoms with Gasteiger partial charge in [-0.3, -0.25) is 4.79 Å². The molecular weight excluding hydrogens is 252 g/mol. The molecule has 106 valence electrons. The maximum Gasteiger partial charge on any atom is 0.307 e. The molecule has 0 aromatic heterocycles. The second-order valence-electron chi connectivity index (χ2n) is 4.72. The molecule has 0 heterocycles. The fourth-order valence-electron chi connectivity index (χ4n) is 2.11. The van der Waals surface area contributed by atoms with Crippen molar-refractivity contribution in [3.05, 3.63) is 35.4 Å². The molecule has 0 aliphatic heterocycles. The van der Waals surface area contributed by atoms with Crippen molar-refractivity contribution in [2.75, 3.05) is 6.54 Å². The van der Waals surface area contributed by atoms with Gasteiger partial charge in [-0.1, -0.05) is 13.3 Å². The Morgan fingerprint density at radius 3 is 2.63 bits per heavy atom. The number of hydrogen-bond donors (Lipinski definition) is 2. The summed E-state index contributed by atoms with van der Waals surface area (Å²) < 4.78 is 26.6. The van der Waals surface area contributed by atoms with E-state index in [4.69, 9.17) is 10.8 Å². The highest BCUT2D eigenvalue weighted by atomic mass is 19.1. The average Bonchev–Trinajstić information content (AvgIpc) is 2.37. The van der Waals surface area contributed by atoms with Crippen molar-refractivity contribution in [3.8, 4) is 0 Å². The third-order valence-corrected chi connectivity index (χ3v) is 3.35. The van der Waals surface area contributed by atoms with Crippen molar-refractivity contribution in [2.45, 2.75) is 26.2 Å². The minimum Gasteiger partial charge on any atom is -0.481 e. The fourth-order valence-corrected chi connectivity index (χ4v) is 2.11. The standard InChI is InChI=1S/C14H19F2NO2/c1-2-9(6-11(8-17)14(18)19)5-10-7-12(15)3-4-13(10)16/h3-4,7,9,11H,2,5-6,8,17H2,1H3,(H,18,19)/t9-,11+/m1/s1. The molecule has 19 heavy (non-hydrogen) atoms. The van der Waals surface area contributed by atoms with E-state index in [1.807, 2.05) is 6.92 Å². The Balaban J connectivity index is 2.76. The molecule has 0 aliphatic rings. The van der Waals surface area contributed by atoms with E-state index < -0.39 is 23.5 Å². The van der Waals surface area contributed by atoms with Crippen molar-refractivity contribution in [1.29, 1.82) is 0 Å². The molecule has 0 saturated carbocycles. The Kier molecular flexibility index (Phi) is 5.89. The molecular formula is C14H19F2NO2. The molecule has 0 fully saturated rings. The van der Waals surface area contributed by atoms with Crippen LogP contribution < -0.4 is 5.73 Å². The minimum absolute atomic E-state index is 0.0269. The van der Waals surface area contributed by atoms with E-state index in [-0.39, 0.29) is 18.0 Å². The lowest BCUT2D eigenvalue weighted by atomic mass is 9.87. The SMILES string of the molecule is CC[C@H](Cc1cc(F)ccc1F)C[C@@H](CN)C(=O)O. The number of halogens is 2. The largest absolute Gasteiger partial charge is 0.481 e. The molecule has 0 amide bonds. The Morgan fingerprint density at radius 1 is 1.42 bits per heavy atom. The van der Waals surface area contributed by atoms with Crippen LogP contribution in [0.5, 0.6) is 0 Å². The zero-order valence-electron chi connectivity index (χ0n) is 10.9. The van der Waals surface area contributed by atoms with Crippen molar-refractivity contribution in [3.63, 3.8) is 0 Å². The van der Waals surface area contributed by atoms with E-state index >= 15 is 0 Å². The predicted octanol–water partition coefficient (Wildman–Crippen LogP) is 2.58. The molecule has 1 rings (SSSR count). The monoisotopic (exact) mass is 271 g/mol. The summed E-state index contributed by atoms with van der Waals surface area (Å²) in [6, 6.07) is 3.32. The molecule has 0 unspecified atom stereocenters. The Bertz CT molecular complexity index is 437. The van der Waals surface area contributed by atoms with Crippen LogP contribution in [0.3, 0.4) is 0 Å². The van der Waals surface area contributed by atoms with E-state index in [0.29, 0.717) is 19.3 Å². The van der Waals surface area contributed by atoms with Gasteiger partial charge in [0, 0.05) is 6.54 Å². The Morgan fingerprint density at radius 2 is 2.11 bits per heavy atom. The van der Waals surface area contributed by atoms with Crippen LogP contribution in [-0.2, 0) is 11.2 Å². The quantitative estimate of drug-likeness (QED) is 0.801. The number of benzene rings is 1. The number of nitrogens with two attached hydrogens (primary N) is 1. The normalized spacial score (nSPS) is 14.1. The molecule has 2 atom stereocenters. The van der Waals surface area contributed by atoms with E-state index in [1.54, 1.807) is 0 Å². The fraction of sp³-hybridized carbons (Fsp3) is 0.500. The van der Waals surface area contributed by atoms with Gasteiger partial charge in [-0.2, -0.15) is 0 Å². The zero-order chi connectivity index (χ0) is 14.4. The van der Waals surface area contributed by atoms with Crippen molar-refractivity contribution < 1.29 is 18.7 Å². The summed E-state index contributed by atoms with van der Waals surface area (Å²) in [5.41, 5.74) is 5.69. The van der Waals surface area contributed by atoms with Crippen LogP contribution in [0.4, 0.5) is 8.78 Å². The van der Waals surface area contributed by atoms with Gasteiger partial charge in [0.15, 0.2) is 0 Å². The molecule has 5 heteroatoms. The van der Waals surface area contributed by atoms with Gasteiger partial charge < -0.3 is 10.8 Å². The smallest absolute Gasteiger partial charge is 0.307 e. The van der Waals surface area contributed by atoms with Crippen LogP contribution in [0, 0.1) is 23.5 Å². The molecule has 0 saturated heterocycles. The number of hydrogen-bond acceptors (Lipinski definition) is 2. The number of carboxylic acids is 1. The maximum atomic E-state index is 13.5. The highest BCUT2D eigenvalue weighted by Gasteiger charge is 2.21. The molecule has 3 N–H and O–H groups in total. The van der Waals surface area contributed by atoms with E-state index in [9.17, 15) is 13.6 Å². The molecule has 1 aromatic rings. The topological polar surface area (TPSA) is 63.3 Å². The second-order valence-corrected chi connectivity index (χ2v) is 4.72. The van der Waals surface area contributed by atoms with E-state index in [1.165, 1.54) is 0 Å². The van der Waals surface area contributed by atoms with Crippen LogP contribution in [0.15, 0.2) is 18.2 Å². The number of aliphatic carboxylic acids is 1. The van der Waals surface area contributed by atoms with Gasteiger partial charge in [0.25, 0.3) is 0 Å². The van der Waals surface area contributed by atoms with Gasteiger partial charge in [-0.05, 0) is 42.5 Å². The highest BCUT2D eigenvalue weighted by molar-refractivity contribution is 5.70. The molecule has 3 nitrogen and oxygen atoms in total. The lowest BCUT2D eigenvalue weighted by Crippen LogP contribution is -2.26. The summed E-state index contributed by atoms with van der Waals surface area (Å²) in [5.74, 6) is -2.55. The lowest BCUT2D eigenvalue weighted by molar-refractivity contribution is -0.142. The summed E-state index contributed by atoms with van der Waals surface area (Å²) in [6.07, 6.45) is 1.39. The summed E-state index contributed by atoms with van der Waals surface area (Å²) in [7, 11) is 0. The number of rotatable bonds is 7. The van der Waals surface area contributed by atoms with Crippen LogP contribution in [0.25, 0.3) is 0 Å². The first-order valence-corrected chi connectivity index (χ1v) is 6.34. The zero-order valence-corrected chi connectivity index (χ0v) is 10.9. The van der Waals surface area contributed by atoms with Gasteiger partial charge in [0.05, 0.1) is 5.92 Å². The predicted molar refractivity (Wildman–Crippen MR) is 68.6 cm³/mol. The highest BCUT2D eigenvalue weighted by Crippen LogP contribution is 2.22. The molecule has 1 aromatic carbocycles. The van der Waals surface area contributed by atoms with E-state index in [2.05, 4.69) is 0 Å². The van der Waals surface area contributed by atoms with Crippen molar-refractivity contribution in [2.24, 2.45) is 17.6 Å². The third kappa shape index (κ3) is 4.59. The van der Waals surface area contributed by atoms with Crippen LogP contribution >= 0.6 is 0 Å². The molecule has 0 radical (unpaired) electrons. The summed E-state index contributed by atoms with van der Waals surface area (Å²) in [4.78, 5) is 10.9. The average molecular weight is 271 g/mol. The van der Waals surface area contributed by atoms with Crippen LogP contribution in [0.2, 0.25) is 0 Å². The third-order valence-electron chi connectivity index (χ3n) is 3.35. The maximum absolute atomic E-state index is 13.5. The van der Waals surface area contributed by atoms with Crippen molar-refractivity contribution >= 4 is 5.97 Å². The molecule has 0 aliphatic carbocycles. The van der Waals surface area contributed by atoms with Gasteiger partial charge in [0.2, 0.25) is 0 Å². The summed E-state index contributed by atoms with van der Waals surface area (Å²) in [6.45, 7) is 1.95. The van der Waals surface area contributed by atoms with Crippen LogP contribution in [0.1, 0.15) is 25.3 Å². The molecule has 0 bridgehead atoms. The Hall–Kier alpha value is -1.49. The minimum atomic E-state index is -0.944. The van der Waals surface area contributed by atoms with Crippen LogP contribution in [-0.4, -0.2) is 17.6 Å². The van der Waals surface area contributed by atoms with E-state index in [0.717, 1.165) is 18.2 Å². The van der Waals surface area contributed by atoms with Gasteiger partial charge in [-0.25, -0.2) is 8.78 Å². The van der Waals surface area contributed by atoms with Gasteiger partial charge >= 0.3 is 5.97 Å². The first kappa shape index (κ1) is 15.6. The van der Waals surface area contributed by atoms with Crippen molar-refractivity contribution in [1.82, 2.24) is 0 Å². The van der Waals surface area contributed by atoms with Gasteiger partial charge in [-0.15, -0.1) is 0 Å². The first-order chi connectivity index (χ1) is 8.97. The second kappa shape index (κ2) is 7.19. The first-order valence-electron chi connectivity index (χ1n) is 6.34. The number of carboxylic acid groups (broad SMARTS) is 1. The summed E-state index contributed by atoms with van der Waals surface area (Å²) in [5, 5.41) is 8.97. The lowest BCUT2D eigenvalue weighted by Gasteiger charge is -2.19. The Labute approximate surface area is 111 Å². The summed E-state index contributed by atoms with van der Waals surface area (Å²) >= 11 is 0. The molecule has 0 spiro atoms. The number of carbonyl (C=O) groups is 1.